The maximum absolute atomic E-state index is 13.3. The maximum atomic E-state index is 13.3. The number of amides is 1. The van der Waals surface area contributed by atoms with Crippen LogP contribution in [-0.2, 0) is 4.79 Å². The fraction of sp³-hybridized carbons (Fsp3) is 0.593. The summed E-state index contributed by atoms with van der Waals surface area (Å²) < 4.78 is 13.3. The van der Waals surface area contributed by atoms with Crippen LogP contribution in [0.25, 0.3) is 11.3 Å². The number of methoxy groups -OCH3 is 2. The summed E-state index contributed by atoms with van der Waals surface area (Å²) in [5.74, 6) is 0.242. The first-order chi connectivity index (χ1) is 16.8. The molecule has 2 aromatic rings. The number of ether oxygens (including phenoxy) is 2. The third-order valence-corrected chi connectivity index (χ3v) is 6.59. The number of aliphatic carboxylic acids is 1. The lowest BCUT2D eigenvalue weighted by molar-refractivity contribution is -0.137. The van der Waals surface area contributed by atoms with E-state index in [0.717, 1.165) is 36.9 Å². The fourth-order valence-electron chi connectivity index (χ4n) is 4.99. The van der Waals surface area contributed by atoms with Crippen LogP contribution in [0.2, 0.25) is 0 Å². The fourth-order valence-corrected chi connectivity index (χ4v) is 4.99. The first-order valence-electron chi connectivity index (χ1n) is 12.7. The van der Waals surface area contributed by atoms with E-state index in [0.29, 0.717) is 17.9 Å². The second-order valence-corrected chi connectivity index (χ2v) is 9.79. The molecule has 3 rings (SSSR count). The Hall–Kier alpha value is -3.03. The molecular weight excluding hydrogens is 446 g/mol. The molecule has 0 aliphatic heterocycles. The van der Waals surface area contributed by atoms with Crippen LogP contribution < -0.4 is 14.8 Å². The van der Waals surface area contributed by atoms with E-state index in [9.17, 15) is 14.7 Å². The van der Waals surface area contributed by atoms with E-state index in [1.165, 1.54) is 19.3 Å². The van der Waals surface area contributed by atoms with Gasteiger partial charge in [-0.25, -0.2) is 0 Å². The summed E-state index contributed by atoms with van der Waals surface area (Å²) in [7, 11) is 3.23. The molecule has 0 spiro atoms. The molecule has 35 heavy (non-hydrogen) atoms. The number of hydrogen-bond acceptors (Lipinski definition) is 5. The lowest BCUT2D eigenvalue weighted by Gasteiger charge is -2.23. The Morgan fingerprint density at radius 1 is 1.09 bits per heavy atom. The smallest absolute Gasteiger partial charge is 0.305 e. The molecule has 1 fully saturated rings. The SMILES string of the molecule is COc1cccc(OC)c1-c1cc(C(=O)N[C@H](CC(=O)O)CC(C)C)nn1C1CCCCCCC1. The largest absolute Gasteiger partial charge is 0.496 e. The first-order valence-corrected chi connectivity index (χ1v) is 12.7. The average molecular weight is 486 g/mol. The van der Waals surface area contributed by atoms with Crippen LogP contribution in [0.15, 0.2) is 24.3 Å². The first kappa shape index (κ1) is 26.6. The molecule has 1 atom stereocenters. The molecule has 1 amide bonds. The van der Waals surface area contributed by atoms with Gasteiger partial charge in [-0.2, -0.15) is 5.10 Å². The Morgan fingerprint density at radius 3 is 2.23 bits per heavy atom. The minimum Gasteiger partial charge on any atom is -0.496 e. The Kier molecular flexibility index (Phi) is 9.57. The summed E-state index contributed by atoms with van der Waals surface area (Å²) in [5.41, 5.74) is 1.80. The van der Waals surface area contributed by atoms with Crippen molar-refractivity contribution < 1.29 is 24.2 Å². The van der Waals surface area contributed by atoms with Crippen molar-refractivity contribution in [1.29, 1.82) is 0 Å². The number of benzene rings is 1. The van der Waals surface area contributed by atoms with Crippen LogP contribution in [-0.4, -0.2) is 47.0 Å². The summed E-state index contributed by atoms with van der Waals surface area (Å²) in [4.78, 5) is 24.6. The third kappa shape index (κ3) is 6.99. The molecule has 1 aromatic heterocycles. The zero-order valence-electron chi connectivity index (χ0n) is 21.4. The number of rotatable bonds is 10. The predicted octanol–water partition coefficient (Wildman–Crippen LogP) is 5.47. The van der Waals surface area contributed by atoms with Gasteiger partial charge in [0.1, 0.15) is 11.5 Å². The van der Waals surface area contributed by atoms with Gasteiger partial charge in [0.05, 0.1) is 37.9 Å². The molecule has 0 unspecified atom stereocenters. The molecule has 8 heteroatoms. The van der Waals surface area contributed by atoms with Crippen molar-refractivity contribution in [2.24, 2.45) is 5.92 Å². The zero-order chi connectivity index (χ0) is 25.4. The van der Waals surface area contributed by atoms with E-state index < -0.39 is 12.0 Å². The average Bonchev–Trinajstić information content (AvgIpc) is 3.22. The van der Waals surface area contributed by atoms with E-state index in [4.69, 9.17) is 14.6 Å². The van der Waals surface area contributed by atoms with Gasteiger partial charge in [-0.3, -0.25) is 14.3 Å². The van der Waals surface area contributed by atoms with Crippen LogP contribution >= 0.6 is 0 Å². The van der Waals surface area contributed by atoms with E-state index in [1.54, 1.807) is 20.3 Å². The Bertz CT molecular complexity index is 970. The zero-order valence-corrected chi connectivity index (χ0v) is 21.4. The van der Waals surface area contributed by atoms with Crippen molar-refractivity contribution in [3.8, 4) is 22.8 Å². The number of carboxylic acid groups (broad SMARTS) is 1. The van der Waals surface area contributed by atoms with Crippen molar-refractivity contribution >= 4 is 11.9 Å². The molecule has 1 aliphatic carbocycles. The van der Waals surface area contributed by atoms with Crippen LogP contribution in [0, 0.1) is 5.92 Å². The molecule has 1 aliphatic rings. The lowest BCUT2D eigenvalue weighted by Crippen LogP contribution is -2.37. The normalized spacial score (nSPS) is 15.8. The molecular formula is C27H39N3O5. The summed E-state index contributed by atoms with van der Waals surface area (Å²) in [5, 5.41) is 17.0. The standard InChI is InChI=1S/C27H39N3O5/c1-18(2)15-19(16-25(31)32)28-27(33)21-17-22(26-23(34-3)13-10-14-24(26)35-4)30(29-21)20-11-8-6-5-7-9-12-20/h10,13-14,17-20H,5-9,11-12,15-16H2,1-4H3,(H,28,33)(H,31,32)/t19-/m0/s1. The molecule has 192 valence electrons. The maximum Gasteiger partial charge on any atom is 0.305 e. The van der Waals surface area contributed by atoms with Gasteiger partial charge in [0, 0.05) is 6.04 Å². The minimum absolute atomic E-state index is 0.125. The highest BCUT2D eigenvalue weighted by Gasteiger charge is 2.27. The molecule has 0 bridgehead atoms. The molecule has 1 saturated carbocycles. The Labute approximate surface area is 208 Å². The van der Waals surface area contributed by atoms with Gasteiger partial charge in [-0.15, -0.1) is 0 Å². The third-order valence-electron chi connectivity index (χ3n) is 6.59. The van der Waals surface area contributed by atoms with Crippen molar-refractivity contribution in [3.63, 3.8) is 0 Å². The van der Waals surface area contributed by atoms with Gasteiger partial charge >= 0.3 is 5.97 Å². The van der Waals surface area contributed by atoms with Crippen LogP contribution in [0.4, 0.5) is 0 Å². The monoisotopic (exact) mass is 485 g/mol. The molecule has 0 saturated heterocycles. The lowest BCUT2D eigenvalue weighted by atomic mass is 9.96. The van der Waals surface area contributed by atoms with Gasteiger partial charge in [0.25, 0.3) is 5.91 Å². The Balaban J connectivity index is 2.04. The van der Waals surface area contributed by atoms with E-state index >= 15 is 0 Å². The highest BCUT2D eigenvalue weighted by molar-refractivity contribution is 5.94. The van der Waals surface area contributed by atoms with Gasteiger partial charge in [-0.05, 0) is 43.4 Å². The quantitative estimate of drug-likeness (QED) is 0.462. The second kappa shape index (κ2) is 12.6. The number of nitrogens with zero attached hydrogens (tertiary/aromatic N) is 2. The van der Waals surface area contributed by atoms with Crippen molar-refractivity contribution in [3.05, 3.63) is 30.0 Å². The number of nitrogens with one attached hydrogen (secondary N) is 1. The molecule has 1 heterocycles. The van der Waals surface area contributed by atoms with Gasteiger partial charge in [0.2, 0.25) is 0 Å². The van der Waals surface area contributed by atoms with Crippen molar-refractivity contribution in [2.75, 3.05) is 14.2 Å². The van der Waals surface area contributed by atoms with Gasteiger partial charge in [-0.1, -0.05) is 52.0 Å². The van der Waals surface area contributed by atoms with Gasteiger partial charge in [0.15, 0.2) is 5.69 Å². The second-order valence-electron chi connectivity index (χ2n) is 9.79. The summed E-state index contributed by atoms with van der Waals surface area (Å²) in [6, 6.07) is 7.09. The molecule has 0 radical (unpaired) electrons. The Morgan fingerprint density at radius 2 is 1.69 bits per heavy atom. The number of carbonyl (C=O) groups is 2. The summed E-state index contributed by atoms with van der Waals surface area (Å²) in [6.07, 6.45) is 8.31. The molecule has 1 aromatic carbocycles. The van der Waals surface area contributed by atoms with Crippen molar-refractivity contribution in [1.82, 2.24) is 15.1 Å². The molecule has 8 nitrogen and oxygen atoms in total. The van der Waals surface area contributed by atoms with E-state index in [-0.39, 0.29) is 30.0 Å². The summed E-state index contributed by atoms with van der Waals surface area (Å²) >= 11 is 0. The topological polar surface area (TPSA) is 103 Å². The molecule has 2 N–H and O–H groups in total. The number of carbonyl (C=O) groups excluding carboxylic acids is 1. The number of aromatic nitrogens is 2. The number of carboxylic acids is 1. The highest BCUT2D eigenvalue weighted by atomic mass is 16.5. The van der Waals surface area contributed by atoms with E-state index in [1.807, 2.05) is 36.7 Å². The van der Waals surface area contributed by atoms with E-state index in [2.05, 4.69) is 5.32 Å². The van der Waals surface area contributed by atoms with Crippen molar-refractivity contribution in [2.45, 2.75) is 83.7 Å². The van der Waals surface area contributed by atoms with Crippen LogP contribution in [0.5, 0.6) is 11.5 Å². The summed E-state index contributed by atoms with van der Waals surface area (Å²) in [6.45, 7) is 4.02. The minimum atomic E-state index is -0.935. The number of hydrogen-bond donors (Lipinski definition) is 2. The van der Waals surface area contributed by atoms with Crippen LogP contribution in [0.1, 0.15) is 88.2 Å². The highest BCUT2D eigenvalue weighted by Crippen LogP contribution is 2.41. The van der Waals surface area contributed by atoms with Crippen LogP contribution in [0.3, 0.4) is 0 Å². The van der Waals surface area contributed by atoms with Gasteiger partial charge < -0.3 is 19.9 Å². The predicted molar refractivity (Wildman–Crippen MR) is 135 cm³/mol.